The van der Waals surface area contributed by atoms with Gasteiger partial charge in [-0.3, -0.25) is 0 Å². The summed E-state index contributed by atoms with van der Waals surface area (Å²) in [6.45, 7) is 3.49. The van der Waals surface area contributed by atoms with Crippen LogP contribution in [0.1, 0.15) is 11.5 Å². The number of rotatable bonds is 1. The van der Waals surface area contributed by atoms with Gasteiger partial charge in [0.25, 0.3) is 0 Å². The van der Waals surface area contributed by atoms with Crippen LogP contribution in [0.2, 0.25) is 5.15 Å². The van der Waals surface area contributed by atoms with Crippen molar-refractivity contribution < 1.29 is 4.39 Å². The van der Waals surface area contributed by atoms with E-state index in [0.29, 0.717) is 27.9 Å². The lowest BCUT2D eigenvalue weighted by molar-refractivity contribution is 0.583. The number of imidazole rings is 1. The van der Waals surface area contributed by atoms with Gasteiger partial charge in [0.15, 0.2) is 0 Å². The highest BCUT2D eigenvalue weighted by Gasteiger charge is 2.13. The summed E-state index contributed by atoms with van der Waals surface area (Å²) in [5.74, 6) is 0.0957. The van der Waals surface area contributed by atoms with E-state index in [4.69, 9.17) is 11.6 Å². The van der Waals surface area contributed by atoms with Gasteiger partial charge in [0.1, 0.15) is 16.7 Å². The number of aryl methyl sites for hydroxylation is 2. The molecule has 0 fully saturated rings. The number of aromatic amines is 1. The molecule has 5 heteroatoms. The summed E-state index contributed by atoms with van der Waals surface area (Å²) in [5, 5.41) is 0.331. The van der Waals surface area contributed by atoms with Gasteiger partial charge in [0, 0.05) is 5.69 Å². The van der Waals surface area contributed by atoms with Gasteiger partial charge in [-0.1, -0.05) is 11.6 Å². The second kappa shape index (κ2) is 3.62. The van der Waals surface area contributed by atoms with Gasteiger partial charge >= 0.3 is 0 Å². The highest BCUT2D eigenvalue weighted by Crippen LogP contribution is 2.26. The van der Waals surface area contributed by atoms with Gasteiger partial charge in [-0.2, -0.15) is 4.39 Å². The van der Waals surface area contributed by atoms with E-state index < -0.39 is 5.95 Å². The van der Waals surface area contributed by atoms with Crippen LogP contribution in [0.25, 0.3) is 11.3 Å². The van der Waals surface area contributed by atoms with Crippen molar-refractivity contribution in [3.8, 4) is 11.3 Å². The van der Waals surface area contributed by atoms with Crippen molar-refractivity contribution in [2.75, 3.05) is 0 Å². The summed E-state index contributed by atoms with van der Waals surface area (Å²) < 4.78 is 13.5. The first-order valence-electron chi connectivity index (χ1n) is 4.43. The van der Waals surface area contributed by atoms with E-state index in [1.165, 1.54) is 0 Å². The van der Waals surface area contributed by atoms with Crippen molar-refractivity contribution in [1.82, 2.24) is 15.0 Å². The lowest BCUT2D eigenvalue weighted by atomic mass is 10.2. The van der Waals surface area contributed by atoms with Crippen molar-refractivity contribution >= 4 is 11.6 Å². The van der Waals surface area contributed by atoms with Gasteiger partial charge in [0.05, 0.1) is 5.56 Å². The molecular weight excluding hydrogens is 217 g/mol. The molecule has 0 saturated carbocycles. The maximum absolute atomic E-state index is 13.5. The van der Waals surface area contributed by atoms with Crippen molar-refractivity contribution in [1.29, 1.82) is 0 Å². The molecule has 2 rings (SSSR count). The Hall–Kier alpha value is -1.42. The van der Waals surface area contributed by atoms with Gasteiger partial charge in [-0.25, -0.2) is 9.97 Å². The molecule has 0 spiro atoms. The normalized spacial score (nSPS) is 10.7. The highest BCUT2D eigenvalue weighted by atomic mass is 35.5. The van der Waals surface area contributed by atoms with Crippen molar-refractivity contribution in [2.24, 2.45) is 0 Å². The zero-order valence-electron chi connectivity index (χ0n) is 8.31. The summed E-state index contributed by atoms with van der Waals surface area (Å²) in [4.78, 5) is 10.6. The molecule has 0 bridgehead atoms. The van der Waals surface area contributed by atoms with Crippen molar-refractivity contribution in [3.63, 3.8) is 0 Å². The standard InChI is InChI=1S/C10H9ClFN3/c1-5-3-4-7(10(12)13-5)8-9(11)15-6(2)14-8/h3-4H,1-2H3,(H,14,15). The molecule has 2 aromatic rings. The molecule has 78 valence electrons. The average molecular weight is 226 g/mol. The molecule has 0 amide bonds. The van der Waals surface area contributed by atoms with E-state index in [9.17, 15) is 4.39 Å². The SMILES string of the molecule is Cc1ccc(-c2nc(C)[nH]c2Cl)c(F)n1. The molecule has 0 atom stereocenters. The zero-order chi connectivity index (χ0) is 11.0. The first kappa shape index (κ1) is 10.1. The minimum absolute atomic E-state index is 0.315. The molecule has 2 heterocycles. The van der Waals surface area contributed by atoms with Crippen LogP contribution in [0.4, 0.5) is 4.39 Å². The molecular formula is C10H9ClFN3. The Morgan fingerprint density at radius 2 is 2.00 bits per heavy atom. The summed E-state index contributed by atoms with van der Waals surface area (Å²) in [6, 6.07) is 3.35. The first-order chi connectivity index (χ1) is 7.08. The molecule has 2 aromatic heterocycles. The minimum Gasteiger partial charge on any atom is -0.333 e. The molecule has 0 aliphatic heterocycles. The average Bonchev–Trinajstić information content (AvgIpc) is 2.45. The maximum Gasteiger partial charge on any atom is 0.222 e. The van der Waals surface area contributed by atoms with E-state index in [1.54, 1.807) is 26.0 Å². The lowest BCUT2D eigenvalue weighted by Gasteiger charge is -2.00. The van der Waals surface area contributed by atoms with Gasteiger partial charge < -0.3 is 4.98 Å². The largest absolute Gasteiger partial charge is 0.333 e. The summed E-state index contributed by atoms with van der Waals surface area (Å²) in [5.41, 5.74) is 1.34. The molecule has 0 aliphatic carbocycles. The van der Waals surface area contributed by atoms with E-state index in [1.807, 2.05) is 0 Å². The van der Waals surface area contributed by atoms with Gasteiger partial charge in [0.2, 0.25) is 5.95 Å². The number of hydrogen-bond donors (Lipinski definition) is 1. The monoisotopic (exact) mass is 225 g/mol. The smallest absolute Gasteiger partial charge is 0.222 e. The highest BCUT2D eigenvalue weighted by molar-refractivity contribution is 6.31. The number of halogens is 2. The Balaban J connectivity index is 2.59. The quantitative estimate of drug-likeness (QED) is 0.759. The van der Waals surface area contributed by atoms with Crippen LogP contribution in [-0.4, -0.2) is 15.0 Å². The fourth-order valence-electron chi connectivity index (χ4n) is 1.34. The molecule has 0 unspecified atom stereocenters. The minimum atomic E-state index is -0.552. The summed E-state index contributed by atoms with van der Waals surface area (Å²) in [6.07, 6.45) is 0. The predicted molar refractivity (Wildman–Crippen MR) is 56.3 cm³/mol. The maximum atomic E-state index is 13.5. The number of pyridine rings is 1. The molecule has 0 aliphatic rings. The number of nitrogens with one attached hydrogen (secondary N) is 1. The first-order valence-corrected chi connectivity index (χ1v) is 4.81. The van der Waals surface area contributed by atoms with Crippen LogP contribution < -0.4 is 0 Å². The zero-order valence-corrected chi connectivity index (χ0v) is 9.06. The van der Waals surface area contributed by atoms with Crippen molar-refractivity contribution in [2.45, 2.75) is 13.8 Å². The second-order valence-corrected chi connectivity index (χ2v) is 3.65. The molecule has 1 N–H and O–H groups in total. The van der Waals surface area contributed by atoms with Crippen LogP contribution in [0, 0.1) is 19.8 Å². The Morgan fingerprint density at radius 3 is 2.53 bits per heavy atom. The van der Waals surface area contributed by atoms with Gasteiger partial charge in [-0.05, 0) is 26.0 Å². The molecule has 15 heavy (non-hydrogen) atoms. The summed E-state index contributed by atoms with van der Waals surface area (Å²) >= 11 is 5.88. The van der Waals surface area contributed by atoms with Crippen LogP contribution in [0.5, 0.6) is 0 Å². The number of H-pyrrole nitrogens is 1. The third-order valence-corrected chi connectivity index (χ3v) is 2.29. The van der Waals surface area contributed by atoms with Gasteiger partial charge in [-0.15, -0.1) is 0 Å². The number of aromatic nitrogens is 3. The lowest BCUT2D eigenvalue weighted by Crippen LogP contribution is -1.92. The van der Waals surface area contributed by atoms with Crippen LogP contribution in [0.15, 0.2) is 12.1 Å². The van der Waals surface area contributed by atoms with Crippen LogP contribution in [-0.2, 0) is 0 Å². The molecule has 3 nitrogen and oxygen atoms in total. The van der Waals surface area contributed by atoms with E-state index >= 15 is 0 Å². The Morgan fingerprint density at radius 1 is 1.27 bits per heavy atom. The number of hydrogen-bond acceptors (Lipinski definition) is 2. The predicted octanol–water partition coefficient (Wildman–Crippen LogP) is 2.88. The third kappa shape index (κ3) is 1.85. The second-order valence-electron chi connectivity index (χ2n) is 3.28. The van der Waals surface area contributed by atoms with E-state index in [2.05, 4.69) is 15.0 Å². The van der Waals surface area contributed by atoms with E-state index in [0.717, 1.165) is 0 Å². The molecule has 0 saturated heterocycles. The van der Waals surface area contributed by atoms with Crippen molar-refractivity contribution in [3.05, 3.63) is 34.8 Å². The van der Waals surface area contributed by atoms with Crippen LogP contribution >= 0.6 is 11.6 Å². The third-order valence-electron chi connectivity index (χ3n) is 2.02. The molecule has 0 aromatic carbocycles. The fraction of sp³-hybridized carbons (Fsp3) is 0.200. The molecule has 0 radical (unpaired) electrons. The Labute approximate surface area is 91.3 Å². The topological polar surface area (TPSA) is 41.6 Å². The summed E-state index contributed by atoms with van der Waals surface area (Å²) in [7, 11) is 0. The Bertz CT molecular complexity index is 507. The fourth-order valence-corrected chi connectivity index (χ4v) is 1.62. The van der Waals surface area contributed by atoms with E-state index in [-0.39, 0.29) is 0 Å². The van der Waals surface area contributed by atoms with Crippen LogP contribution in [0.3, 0.4) is 0 Å². The number of nitrogens with zero attached hydrogens (tertiary/aromatic N) is 2. The Kier molecular flexibility index (Phi) is 2.44.